The van der Waals surface area contributed by atoms with Gasteiger partial charge in [0, 0.05) is 18.8 Å². The quantitative estimate of drug-likeness (QED) is 0.259. The summed E-state index contributed by atoms with van der Waals surface area (Å²) < 4.78 is 48.2. The van der Waals surface area contributed by atoms with Gasteiger partial charge >= 0.3 is 12.1 Å². The maximum absolute atomic E-state index is 12.8. The number of esters is 1. The Balaban J connectivity index is 1.86. The summed E-state index contributed by atoms with van der Waals surface area (Å²) in [5, 5.41) is 30.7. The smallest absolute Gasteiger partial charge is 0.416 e. The molecule has 5 atom stereocenters. The summed E-state index contributed by atoms with van der Waals surface area (Å²) in [4.78, 5) is 11.1. The van der Waals surface area contributed by atoms with E-state index in [1.165, 1.54) is 25.3 Å². The van der Waals surface area contributed by atoms with Gasteiger partial charge in [0.1, 0.15) is 18.5 Å². The van der Waals surface area contributed by atoms with Gasteiger partial charge in [0.05, 0.1) is 24.9 Å². The molecule has 0 radical (unpaired) electrons. The lowest BCUT2D eigenvalue weighted by atomic mass is 9.89. The molecular formula is C24H31F3O6. The van der Waals surface area contributed by atoms with Crippen molar-refractivity contribution < 1.29 is 42.8 Å². The van der Waals surface area contributed by atoms with Crippen LogP contribution in [-0.4, -0.2) is 53.3 Å². The number of carbonyl (C=O) groups excluding carboxylic acids is 1. The van der Waals surface area contributed by atoms with Crippen LogP contribution in [0, 0.1) is 11.8 Å². The number of aliphatic hydroxyl groups is 3. The first-order valence-electron chi connectivity index (χ1n) is 10.9. The Hall–Kier alpha value is -2.36. The summed E-state index contributed by atoms with van der Waals surface area (Å²) in [6.07, 6.45) is 2.21. The highest BCUT2D eigenvalue weighted by molar-refractivity contribution is 5.69. The molecule has 6 nitrogen and oxygen atoms in total. The largest absolute Gasteiger partial charge is 0.491 e. The van der Waals surface area contributed by atoms with Crippen molar-refractivity contribution in [3.8, 4) is 5.75 Å². The summed E-state index contributed by atoms with van der Waals surface area (Å²) in [6, 6.07) is 4.39. The summed E-state index contributed by atoms with van der Waals surface area (Å²) in [5.41, 5.74) is -0.839. The number of carbonyl (C=O) groups is 1. The maximum atomic E-state index is 12.8. The molecule has 0 spiro atoms. The minimum atomic E-state index is -4.48. The molecule has 2 rings (SSSR count). The van der Waals surface area contributed by atoms with E-state index in [0.29, 0.717) is 25.7 Å². The number of hydrogen-bond donors (Lipinski definition) is 3. The highest BCUT2D eigenvalue weighted by Crippen LogP contribution is 2.36. The Bertz CT molecular complexity index is 808. The van der Waals surface area contributed by atoms with Crippen LogP contribution in [0.4, 0.5) is 13.2 Å². The fourth-order valence-corrected chi connectivity index (χ4v) is 3.80. The average molecular weight is 473 g/mol. The van der Waals surface area contributed by atoms with Gasteiger partial charge in [0.15, 0.2) is 0 Å². The van der Waals surface area contributed by atoms with Crippen LogP contribution >= 0.6 is 0 Å². The Morgan fingerprint density at radius 1 is 1.24 bits per heavy atom. The number of allylic oxidation sites excluding steroid dienone is 2. The molecule has 1 aliphatic carbocycles. The molecular weight excluding hydrogens is 441 g/mol. The third kappa shape index (κ3) is 8.83. The molecule has 0 aliphatic heterocycles. The van der Waals surface area contributed by atoms with Gasteiger partial charge in [0.25, 0.3) is 0 Å². The van der Waals surface area contributed by atoms with Crippen LogP contribution in [0.1, 0.15) is 37.7 Å². The van der Waals surface area contributed by atoms with Crippen LogP contribution in [0.5, 0.6) is 5.75 Å². The molecule has 0 heterocycles. The lowest BCUT2D eigenvalue weighted by molar-refractivity contribution is -0.140. The predicted molar refractivity (Wildman–Crippen MR) is 115 cm³/mol. The minimum Gasteiger partial charge on any atom is -0.491 e. The molecule has 1 aromatic rings. The van der Waals surface area contributed by atoms with E-state index in [0.717, 1.165) is 12.1 Å². The maximum Gasteiger partial charge on any atom is 0.416 e. The Morgan fingerprint density at radius 2 is 2.00 bits per heavy atom. The predicted octanol–water partition coefficient (Wildman–Crippen LogP) is 3.65. The molecule has 184 valence electrons. The first kappa shape index (κ1) is 26.9. The van der Waals surface area contributed by atoms with E-state index in [9.17, 15) is 33.3 Å². The first-order valence-corrected chi connectivity index (χ1v) is 10.9. The van der Waals surface area contributed by atoms with Crippen LogP contribution in [0.15, 0.2) is 48.6 Å². The topological polar surface area (TPSA) is 96.2 Å². The third-order valence-electron chi connectivity index (χ3n) is 5.61. The zero-order valence-corrected chi connectivity index (χ0v) is 18.4. The molecule has 1 saturated carbocycles. The van der Waals surface area contributed by atoms with Crippen molar-refractivity contribution in [1.82, 2.24) is 0 Å². The fourth-order valence-electron chi connectivity index (χ4n) is 3.80. The van der Waals surface area contributed by atoms with Crippen LogP contribution in [0.25, 0.3) is 0 Å². The van der Waals surface area contributed by atoms with E-state index in [-0.39, 0.29) is 36.6 Å². The van der Waals surface area contributed by atoms with Crippen LogP contribution in [0.3, 0.4) is 0 Å². The molecule has 1 unspecified atom stereocenters. The van der Waals surface area contributed by atoms with Crippen molar-refractivity contribution in [1.29, 1.82) is 0 Å². The molecule has 9 heteroatoms. The summed E-state index contributed by atoms with van der Waals surface area (Å²) in [5.74, 6) is -0.907. The fraction of sp³-hybridized carbons (Fsp3) is 0.542. The van der Waals surface area contributed by atoms with E-state index in [1.54, 1.807) is 6.08 Å². The second-order valence-electron chi connectivity index (χ2n) is 8.08. The summed E-state index contributed by atoms with van der Waals surface area (Å²) >= 11 is 0. The Kier molecular flexibility index (Phi) is 10.4. The zero-order valence-electron chi connectivity index (χ0n) is 18.4. The van der Waals surface area contributed by atoms with Gasteiger partial charge in [-0.15, -0.1) is 0 Å². The molecule has 0 saturated heterocycles. The lowest BCUT2D eigenvalue weighted by Gasteiger charge is -2.19. The second kappa shape index (κ2) is 12.8. The van der Waals surface area contributed by atoms with Crippen LogP contribution in [0.2, 0.25) is 0 Å². The monoisotopic (exact) mass is 472 g/mol. The van der Waals surface area contributed by atoms with Crippen molar-refractivity contribution in [2.75, 3.05) is 13.7 Å². The van der Waals surface area contributed by atoms with Gasteiger partial charge in [-0.05, 0) is 43.4 Å². The molecule has 3 N–H and O–H groups in total. The average Bonchev–Trinajstić information content (AvgIpc) is 3.04. The van der Waals surface area contributed by atoms with Crippen molar-refractivity contribution in [3.05, 3.63) is 54.1 Å². The van der Waals surface area contributed by atoms with Gasteiger partial charge in [0.2, 0.25) is 0 Å². The van der Waals surface area contributed by atoms with Crippen LogP contribution < -0.4 is 4.74 Å². The van der Waals surface area contributed by atoms with Crippen molar-refractivity contribution >= 4 is 5.97 Å². The van der Waals surface area contributed by atoms with E-state index < -0.39 is 30.1 Å². The van der Waals surface area contributed by atoms with Gasteiger partial charge < -0.3 is 24.8 Å². The van der Waals surface area contributed by atoms with Crippen molar-refractivity contribution in [2.24, 2.45) is 11.8 Å². The first-order chi connectivity index (χ1) is 15.6. The Morgan fingerprint density at radius 3 is 2.70 bits per heavy atom. The number of unbranched alkanes of at least 4 members (excludes halogenated alkanes) is 1. The van der Waals surface area contributed by atoms with E-state index in [2.05, 4.69) is 4.74 Å². The summed E-state index contributed by atoms with van der Waals surface area (Å²) in [6.45, 7) is -0.256. The van der Waals surface area contributed by atoms with Gasteiger partial charge in [-0.2, -0.15) is 13.2 Å². The van der Waals surface area contributed by atoms with Gasteiger partial charge in [-0.1, -0.05) is 30.4 Å². The van der Waals surface area contributed by atoms with Crippen molar-refractivity contribution in [2.45, 2.75) is 56.6 Å². The number of ether oxygens (including phenoxy) is 2. The lowest BCUT2D eigenvalue weighted by Crippen LogP contribution is -2.21. The molecule has 0 aromatic heterocycles. The minimum absolute atomic E-state index is 0.0104. The standard InChI is InChI=1S/C24H31F3O6/c1-32-23(31)10-5-3-2-4-9-19-20(22(30)14-21(19)29)12-11-17(28)15-33-18-8-6-7-16(13-18)24(25,26)27/h2,4,6-8,11-13,17,19-22,28-30H,3,5,9-10,14-15H2,1H3/t17?,19-,20-,21+,22-/m1/s1. The molecule has 1 aliphatic rings. The highest BCUT2D eigenvalue weighted by atomic mass is 19.4. The second-order valence-corrected chi connectivity index (χ2v) is 8.08. The number of alkyl halides is 3. The zero-order chi connectivity index (χ0) is 24.4. The number of methoxy groups -OCH3 is 1. The summed E-state index contributed by atoms with van der Waals surface area (Å²) in [7, 11) is 1.34. The number of rotatable bonds is 11. The van der Waals surface area contributed by atoms with Crippen molar-refractivity contribution in [3.63, 3.8) is 0 Å². The molecule has 33 heavy (non-hydrogen) atoms. The normalized spacial score (nSPS) is 24.5. The van der Waals surface area contributed by atoms with Gasteiger partial charge in [-0.3, -0.25) is 4.79 Å². The third-order valence-corrected chi connectivity index (χ3v) is 5.61. The molecule has 1 fully saturated rings. The number of benzene rings is 1. The van der Waals surface area contributed by atoms with E-state index in [1.807, 2.05) is 12.2 Å². The highest BCUT2D eigenvalue weighted by Gasteiger charge is 2.39. The molecule has 0 amide bonds. The van der Waals surface area contributed by atoms with Gasteiger partial charge in [-0.25, -0.2) is 0 Å². The number of hydrogen-bond acceptors (Lipinski definition) is 6. The number of halogens is 3. The molecule has 1 aromatic carbocycles. The number of aliphatic hydroxyl groups excluding tert-OH is 3. The SMILES string of the molecule is COC(=O)CCCC=CC[C@@H]1[C@@H](C=CC(O)COc2cccc(C(F)(F)F)c2)[C@H](O)C[C@@H]1O. The van der Waals surface area contributed by atoms with Crippen LogP contribution in [-0.2, 0) is 15.7 Å². The van der Waals surface area contributed by atoms with E-state index >= 15 is 0 Å². The molecule has 0 bridgehead atoms. The van der Waals surface area contributed by atoms with E-state index in [4.69, 9.17) is 4.74 Å². The Labute approximate surface area is 191 Å².